The number of hydrogen-bond donors (Lipinski definition) is 1. The number of nitrogens with one attached hydrogen (secondary N) is 1. The van der Waals surface area contributed by atoms with E-state index in [2.05, 4.69) is 74.9 Å². The molecule has 0 aliphatic rings. The van der Waals surface area contributed by atoms with Crippen molar-refractivity contribution >= 4 is 35.4 Å². The summed E-state index contributed by atoms with van der Waals surface area (Å²) in [7, 11) is 12.4. The largest absolute Gasteiger partial charge is 0.0622 e. The molecule has 3 nitrogen and oxygen atoms in total. The number of pyridine rings is 1. The molecule has 3 rings (SSSR count). The summed E-state index contributed by atoms with van der Waals surface area (Å²) in [5.74, 6) is 0. The molecule has 1 atom stereocenters. The molecular formula is C21H24Cl2N2OPRu+. The van der Waals surface area contributed by atoms with Crippen LogP contribution in [0.5, 0.6) is 0 Å². The average Bonchev–Trinajstić information content (AvgIpc) is 2.78. The van der Waals surface area contributed by atoms with Crippen molar-refractivity contribution < 1.29 is 19.9 Å². The quantitative estimate of drug-likeness (QED) is 0.158. The van der Waals surface area contributed by atoms with Crippen LogP contribution in [-0.4, -0.2) is 24.5 Å². The molecule has 0 aliphatic carbocycles. The van der Waals surface area contributed by atoms with Gasteiger partial charge in [-0.15, -0.1) is 9.24 Å². The minimum Gasteiger partial charge on any atom is -0.0622 e. The zero-order valence-corrected chi connectivity index (χ0v) is 19.7. The van der Waals surface area contributed by atoms with Gasteiger partial charge in [0.05, 0.1) is 5.69 Å². The summed E-state index contributed by atoms with van der Waals surface area (Å²) in [5, 5.41) is 3.27. The summed E-state index contributed by atoms with van der Waals surface area (Å²) in [6.07, 6.45) is 2.91. The van der Waals surface area contributed by atoms with Crippen molar-refractivity contribution in [2.75, 3.05) is 12.7 Å². The number of nitrogens with zero attached hydrogens (tertiary/aromatic N) is 1. The van der Waals surface area contributed by atoms with Gasteiger partial charge in [-0.2, -0.15) is 0 Å². The minimum atomic E-state index is -0.346. The first-order valence-corrected chi connectivity index (χ1v) is 13.6. The molecule has 1 aromatic heterocycles. The zero-order valence-electron chi connectivity index (χ0n) is 15.3. The van der Waals surface area contributed by atoms with Crippen LogP contribution in [0, 0.1) is 0 Å². The molecule has 0 spiro atoms. The maximum atomic E-state index is 7.75. The molecule has 3 aromatic rings. The summed E-state index contributed by atoms with van der Waals surface area (Å²) >= 11 is -0.346. The van der Waals surface area contributed by atoms with Crippen molar-refractivity contribution in [3.63, 3.8) is 0 Å². The maximum absolute atomic E-state index is 7.75. The third kappa shape index (κ3) is 13.9. The first-order chi connectivity index (χ1) is 13.8. The van der Waals surface area contributed by atoms with Crippen molar-refractivity contribution in [1.82, 2.24) is 10.3 Å². The molecule has 28 heavy (non-hydrogen) atoms. The van der Waals surface area contributed by atoms with Crippen LogP contribution in [0.25, 0.3) is 11.1 Å². The Bertz CT molecular complexity index is 657. The number of aromatic nitrogens is 1. The molecule has 0 aliphatic heterocycles. The third-order valence-corrected chi connectivity index (χ3v) is 3.52. The average molecular weight is 523 g/mol. The van der Waals surface area contributed by atoms with E-state index in [1.54, 1.807) is 0 Å². The Morgan fingerprint density at radius 1 is 0.857 bits per heavy atom. The smallest absolute Gasteiger partial charge is 0.0184 e. The van der Waals surface area contributed by atoms with Crippen molar-refractivity contribution in [2.45, 2.75) is 6.54 Å². The topological polar surface area (TPSA) is 42.0 Å². The van der Waals surface area contributed by atoms with Crippen LogP contribution >= 0.6 is 28.6 Å². The van der Waals surface area contributed by atoms with Crippen LogP contribution in [0.15, 0.2) is 85.1 Å². The van der Waals surface area contributed by atoms with E-state index in [0.717, 1.165) is 24.9 Å². The number of rotatable bonds is 5. The van der Waals surface area contributed by atoms with Crippen LogP contribution in [0.4, 0.5) is 0 Å². The Kier molecular flexibility index (Phi) is 19.7. The number of halogens is 2. The van der Waals surface area contributed by atoms with Crippen LogP contribution in [0.2, 0.25) is 0 Å². The van der Waals surface area contributed by atoms with Crippen molar-refractivity contribution in [1.29, 1.82) is 0 Å². The second-order valence-electron chi connectivity index (χ2n) is 5.07. The van der Waals surface area contributed by atoms with Crippen LogP contribution in [-0.2, 0) is 26.5 Å². The van der Waals surface area contributed by atoms with Crippen molar-refractivity contribution in [3.05, 3.63) is 90.8 Å². The van der Waals surface area contributed by atoms with Gasteiger partial charge in [0.1, 0.15) is 0 Å². The fourth-order valence-electron chi connectivity index (χ4n) is 2.08. The normalized spacial score (nSPS) is 8.82. The molecule has 0 saturated carbocycles. The van der Waals surface area contributed by atoms with Crippen LogP contribution in [0.1, 0.15) is 5.69 Å². The van der Waals surface area contributed by atoms with E-state index in [0.29, 0.717) is 0 Å². The summed E-state index contributed by atoms with van der Waals surface area (Å²) in [5.41, 5.74) is 3.65. The Balaban J connectivity index is 0.000000426. The van der Waals surface area contributed by atoms with Gasteiger partial charge in [0.15, 0.2) is 0 Å². The molecule has 7 heteroatoms. The summed E-state index contributed by atoms with van der Waals surface area (Å²) < 4.78 is 0. The molecule has 1 unspecified atom stereocenters. The van der Waals surface area contributed by atoms with Gasteiger partial charge >= 0.3 is 34.5 Å². The third-order valence-electron chi connectivity index (χ3n) is 3.23. The van der Waals surface area contributed by atoms with Gasteiger partial charge in [-0.25, -0.2) is 0 Å². The predicted octanol–water partition coefficient (Wildman–Crippen LogP) is 5.50. The molecular weight excluding hydrogens is 499 g/mol. The number of hydrogen-bond acceptors (Lipinski definition) is 3. The van der Waals surface area contributed by atoms with E-state index in [9.17, 15) is 0 Å². The molecule has 0 bridgehead atoms. The van der Waals surface area contributed by atoms with Gasteiger partial charge in [0, 0.05) is 12.7 Å². The molecule has 0 amide bonds. The van der Waals surface area contributed by atoms with E-state index in [1.165, 1.54) is 11.1 Å². The van der Waals surface area contributed by atoms with Gasteiger partial charge in [-0.3, -0.25) is 11.8 Å². The fraction of sp³-hybridized carbons (Fsp3) is 0.143. The Morgan fingerprint density at radius 3 is 1.71 bits per heavy atom. The van der Waals surface area contributed by atoms with Crippen molar-refractivity contribution in [2.24, 2.45) is 0 Å². The van der Waals surface area contributed by atoms with Gasteiger partial charge in [-0.05, 0) is 36.0 Å². The fourth-order valence-corrected chi connectivity index (χ4v) is 2.29. The van der Waals surface area contributed by atoms with E-state index >= 15 is 0 Å². The first kappa shape index (κ1) is 26.9. The minimum absolute atomic E-state index is 0.346. The zero-order chi connectivity index (χ0) is 20.9. The van der Waals surface area contributed by atoms with Crippen molar-refractivity contribution in [3.8, 4) is 11.1 Å². The summed E-state index contributed by atoms with van der Waals surface area (Å²) in [6.45, 7) is 5.15. The monoisotopic (exact) mass is 523 g/mol. The number of carbonyl (C=O) groups excluding carboxylic acids is 1. The second kappa shape index (κ2) is 20.6. The van der Waals surface area contributed by atoms with E-state index in [1.807, 2.05) is 36.5 Å². The Morgan fingerprint density at radius 2 is 1.32 bits per heavy atom. The maximum Gasteiger partial charge on any atom is -0.0184 e. The molecule has 150 valence electrons. The predicted molar refractivity (Wildman–Crippen MR) is 121 cm³/mol. The second-order valence-corrected chi connectivity index (χ2v) is 8.29. The molecule has 1 N–H and O–H groups in total. The summed E-state index contributed by atoms with van der Waals surface area (Å²) in [6, 6.07) is 26.7. The van der Waals surface area contributed by atoms with Gasteiger partial charge in [0.25, 0.3) is 0 Å². The van der Waals surface area contributed by atoms with Crippen LogP contribution in [0.3, 0.4) is 0 Å². The van der Waals surface area contributed by atoms with E-state index in [-0.39, 0.29) is 15.1 Å². The molecule has 2 aromatic carbocycles. The standard InChI is InChI=1S/C12H10.C8H13N2P.CHO.2ClH.Ru/c1-3-7-11(8-4-1)12-9-5-2-6-10-12;11-6-5-9-7-8-3-1-2-4-10-8;1-2;;;/h1-10H;1-4,9H,5-7,11H2;1H;2*1H;/q;;-1;;;+4/p-2. The van der Waals surface area contributed by atoms with E-state index in [4.69, 9.17) is 24.2 Å². The first-order valence-electron chi connectivity index (χ1n) is 8.31. The Labute approximate surface area is 186 Å². The van der Waals surface area contributed by atoms with Gasteiger partial charge < -0.3 is 10.1 Å². The Hall–Kier alpha value is -1.15. The molecule has 1 heterocycles. The van der Waals surface area contributed by atoms with Crippen LogP contribution < -0.4 is 5.32 Å². The SMILES string of the molecule is PCCNCc1ccccn1.[CH-]=O.[Cl][Ru+2][Cl].c1ccc(-c2ccccc2)cc1. The molecule has 0 saturated heterocycles. The number of benzene rings is 2. The van der Waals surface area contributed by atoms with Gasteiger partial charge in [-0.1, -0.05) is 66.7 Å². The molecule has 0 radical (unpaired) electrons. The van der Waals surface area contributed by atoms with E-state index < -0.39 is 0 Å². The van der Waals surface area contributed by atoms with Gasteiger partial charge in [0.2, 0.25) is 0 Å². The summed E-state index contributed by atoms with van der Waals surface area (Å²) in [4.78, 5) is 11.9. The molecule has 0 fully saturated rings.